The van der Waals surface area contributed by atoms with Crippen molar-refractivity contribution in [2.45, 2.75) is 58.3 Å². The van der Waals surface area contributed by atoms with Gasteiger partial charge in [0, 0.05) is 6.54 Å². The Bertz CT molecular complexity index is 477. The molecule has 2 heteroatoms. The van der Waals surface area contributed by atoms with Crippen molar-refractivity contribution in [3.05, 3.63) is 35.4 Å². The summed E-state index contributed by atoms with van der Waals surface area (Å²) in [5.74, 6) is 2.36. The van der Waals surface area contributed by atoms with Crippen molar-refractivity contribution in [1.82, 2.24) is 9.80 Å². The molecule has 2 aliphatic heterocycles. The van der Waals surface area contributed by atoms with Crippen molar-refractivity contribution < 1.29 is 0 Å². The second-order valence-corrected chi connectivity index (χ2v) is 8.27. The minimum atomic E-state index is 0.639. The van der Waals surface area contributed by atoms with Gasteiger partial charge in [0.1, 0.15) is 0 Å². The maximum Gasteiger partial charge on any atom is 0.00106 e. The molecule has 1 aromatic rings. The summed E-state index contributed by atoms with van der Waals surface area (Å²) in [5, 5.41) is 0. The predicted molar refractivity (Wildman–Crippen MR) is 104 cm³/mol. The highest BCUT2D eigenvalue weighted by Crippen LogP contribution is 2.30. The summed E-state index contributed by atoms with van der Waals surface area (Å²) in [6.07, 6.45) is 5.50. The molecule has 2 fully saturated rings. The normalized spacial score (nSPS) is 22.3. The summed E-state index contributed by atoms with van der Waals surface area (Å²) in [6.45, 7) is 14.6. The van der Waals surface area contributed by atoms with Gasteiger partial charge in [0.2, 0.25) is 0 Å². The molecule has 2 heterocycles. The minimum absolute atomic E-state index is 0.639. The van der Waals surface area contributed by atoms with Gasteiger partial charge in [0.15, 0.2) is 0 Å². The van der Waals surface area contributed by atoms with Gasteiger partial charge in [0.05, 0.1) is 0 Å². The molecule has 2 nitrogen and oxygen atoms in total. The van der Waals surface area contributed by atoms with Gasteiger partial charge >= 0.3 is 0 Å². The molecule has 134 valence electrons. The molecule has 0 atom stereocenters. The highest BCUT2D eigenvalue weighted by atomic mass is 15.1. The van der Waals surface area contributed by atoms with E-state index in [0.29, 0.717) is 5.92 Å². The zero-order valence-corrected chi connectivity index (χ0v) is 16.0. The molecular formula is C22H36N2. The van der Waals surface area contributed by atoms with Gasteiger partial charge in [-0.2, -0.15) is 0 Å². The Morgan fingerprint density at radius 1 is 0.875 bits per heavy atom. The standard InChI is InChI=1S/C22H36N2/c1-4-23-13-9-19(10-14-23)17-24-15-11-22(12-16-24)21-7-5-20(6-8-21)18(2)3/h5-8,18-19,22H,4,9-17H2,1-3H3. The molecule has 0 N–H and O–H groups in total. The number of nitrogens with zero attached hydrogens (tertiary/aromatic N) is 2. The maximum absolute atomic E-state index is 2.74. The van der Waals surface area contributed by atoms with Crippen molar-refractivity contribution >= 4 is 0 Å². The van der Waals surface area contributed by atoms with E-state index in [2.05, 4.69) is 54.8 Å². The summed E-state index contributed by atoms with van der Waals surface area (Å²) in [6, 6.07) is 9.45. The highest BCUT2D eigenvalue weighted by molar-refractivity contribution is 5.27. The number of piperidine rings is 2. The van der Waals surface area contributed by atoms with E-state index in [-0.39, 0.29) is 0 Å². The van der Waals surface area contributed by atoms with Crippen LogP contribution < -0.4 is 0 Å². The molecule has 2 aliphatic rings. The van der Waals surface area contributed by atoms with Gasteiger partial charge < -0.3 is 9.80 Å². The monoisotopic (exact) mass is 328 g/mol. The first-order valence-corrected chi connectivity index (χ1v) is 10.2. The Hall–Kier alpha value is -0.860. The van der Waals surface area contributed by atoms with E-state index in [9.17, 15) is 0 Å². The molecule has 0 radical (unpaired) electrons. The second kappa shape index (κ2) is 8.49. The largest absolute Gasteiger partial charge is 0.304 e. The number of hydrogen-bond donors (Lipinski definition) is 0. The van der Waals surface area contributed by atoms with Crippen LogP contribution in [0.2, 0.25) is 0 Å². The molecule has 0 unspecified atom stereocenters. The predicted octanol–water partition coefficient (Wildman–Crippen LogP) is 4.72. The molecular weight excluding hydrogens is 292 g/mol. The van der Waals surface area contributed by atoms with E-state index in [0.717, 1.165) is 11.8 Å². The van der Waals surface area contributed by atoms with Crippen molar-refractivity contribution in [3.8, 4) is 0 Å². The van der Waals surface area contributed by atoms with Crippen LogP contribution in [0.15, 0.2) is 24.3 Å². The van der Waals surface area contributed by atoms with E-state index in [1.807, 2.05) is 0 Å². The Kier molecular flexibility index (Phi) is 6.35. The topological polar surface area (TPSA) is 6.48 Å². The van der Waals surface area contributed by atoms with Gasteiger partial charge in [-0.05, 0) is 87.3 Å². The van der Waals surface area contributed by atoms with Crippen LogP contribution in [-0.2, 0) is 0 Å². The summed E-state index contributed by atoms with van der Waals surface area (Å²) in [5.41, 5.74) is 3.03. The Balaban J connectivity index is 1.44. The van der Waals surface area contributed by atoms with Crippen molar-refractivity contribution in [2.75, 3.05) is 39.3 Å². The average Bonchev–Trinajstić information content (AvgIpc) is 2.63. The number of benzene rings is 1. The Labute approximate surface area is 149 Å². The number of likely N-dealkylation sites (tertiary alicyclic amines) is 2. The van der Waals surface area contributed by atoms with E-state index >= 15 is 0 Å². The lowest BCUT2D eigenvalue weighted by Gasteiger charge is -2.37. The fraction of sp³-hybridized carbons (Fsp3) is 0.727. The fourth-order valence-electron chi connectivity index (χ4n) is 4.45. The van der Waals surface area contributed by atoms with Crippen LogP contribution in [0.25, 0.3) is 0 Å². The maximum atomic E-state index is 2.74. The molecule has 3 rings (SSSR count). The summed E-state index contributed by atoms with van der Waals surface area (Å²) >= 11 is 0. The summed E-state index contributed by atoms with van der Waals surface area (Å²) in [7, 11) is 0. The molecule has 0 bridgehead atoms. The van der Waals surface area contributed by atoms with E-state index < -0.39 is 0 Å². The van der Waals surface area contributed by atoms with E-state index in [1.54, 1.807) is 5.56 Å². The lowest BCUT2D eigenvalue weighted by Crippen LogP contribution is -2.41. The van der Waals surface area contributed by atoms with Crippen molar-refractivity contribution in [3.63, 3.8) is 0 Å². The fourth-order valence-corrected chi connectivity index (χ4v) is 4.45. The van der Waals surface area contributed by atoms with Crippen LogP contribution in [-0.4, -0.2) is 49.1 Å². The van der Waals surface area contributed by atoms with Gasteiger partial charge in [0.25, 0.3) is 0 Å². The molecule has 0 aliphatic carbocycles. The van der Waals surface area contributed by atoms with Gasteiger partial charge in [-0.15, -0.1) is 0 Å². The summed E-state index contributed by atoms with van der Waals surface area (Å²) in [4.78, 5) is 5.34. The second-order valence-electron chi connectivity index (χ2n) is 8.27. The third-order valence-electron chi connectivity index (χ3n) is 6.33. The van der Waals surface area contributed by atoms with E-state index in [4.69, 9.17) is 0 Å². The lowest BCUT2D eigenvalue weighted by atomic mass is 9.87. The van der Waals surface area contributed by atoms with Crippen LogP contribution >= 0.6 is 0 Å². The van der Waals surface area contributed by atoms with Crippen molar-refractivity contribution in [1.29, 1.82) is 0 Å². The smallest absolute Gasteiger partial charge is 0.00106 e. The lowest BCUT2D eigenvalue weighted by molar-refractivity contribution is 0.130. The van der Waals surface area contributed by atoms with Crippen LogP contribution in [0.4, 0.5) is 0 Å². The average molecular weight is 329 g/mol. The van der Waals surface area contributed by atoms with Gasteiger partial charge in [-0.25, -0.2) is 0 Å². The first-order chi connectivity index (χ1) is 11.7. The third-order valence-corrected chi connectivity index (χ3v) is 6.33. The zero-order chi connectivity index (χ0) is 16.9. The minimum Gasteiger partial charge on any atom is -0.304 e. The summed E-state index contributed by atoms with van der Waals surface area (Å²) < 4.78 is 0. The first-order valence-electron chi connectivity index (χ1n) is 10.2. The van der Waals surface area contributed by atoms with Crippen LogP contribution in [0.3, 0.4) is 0 Å². The molecule has 2 saturated heterocycles. The molecule has 1 aromatic carbocycles. The Morgan fingerprint density at radius 3 is 2.00 bits per heavy atom. The first kappa shape index (κ1) is 17.9. The van der Waals surface area contributed by atoms with Crippen LogP contribution in [0.5, 0.6) is 0 Å². The third kappa shape index (κ3) is 4.61. The van der Waals surface area contributed by atoms with E-state index in [1.165, 1.54) is 70.5 Å². The molecule has 0 saturated carbocycles. The van der Waals surface area contributed by atoms with Crippen LogP contribution in [0.1, 0.15) is 69.4 Å². The number of hydrogen-bond acceptors (Lipinski definition) is 2. The molecule has 0 spiro atoms. The zero-order valence-electron chi connectivity index (χ0n) is 16.0. The molecule has 24 heavy (non-hydrogen) atoms. The van der Waals surface area contributed by atoms with Crippen molar-refractivity contribution in [2.24, 2.45) is 5.92 Å². The highest BCUT2D eigenvalue weighted by Gasteiger charge is 2.24. The van der Waals surface area contributed by atoms with Crippen LogP contribution in [0, 0.1) is 5.92 Å². The quantitative estimate of drug-likeness (QED) is 0.771. The number of rotatable bonds is 5. The molecule has 0 amide bonds. The SMILES string of the molecule is CCN1CCC(CN2CCC(c3ccc(C(C)C)cc3)CC2)CC1. The molecule has 0 aromatic heterocycles. The van der Waals surface area contributed by atoms with Gasteiger partial charge in [-0.1, -0.05) is 45.0 Å². The van der Waals surface area contributed by atoms with Gasteiger partial charge in [-0.3, -0.25) is 0 Å². The Morgan fingerprint density at radius 2 is 1.46 bits per heavy atom.